The Morgan fingerprint density at radius 2 is 2.33 bits per heavy atom. The summed E-state index contributed by atoms with van der Waals surface area (Å²) in [7, 11) is 0. The lowest BCUT2D eigenvalue weighted by atomic mass is 9.90. The number of nitrogens with two attached hydrogens (primary N) is 1. The van der Waals surface area contributed by atoms with Crippen LogP contribution in [0.4, 0.5) is 0 Å². The summed E-state index contributed by atoms with van der Waals surface area (Å²) >= 11 is 0. The zero-order valence-electron chi connectivity index (χ0n) is 10.6. The first kappa shape index (κ1) is 12.7. The van der Waals surface area contributed by atoms with E-state index in [1.165, 1.54) is 12.1 Å². The predicted molar refractivity (Wildman–Crippen MR) is 67.3 cm³/mol. The fourth-order valence-corrected chi connectivity index (χ4v) is 2.06. The number of amides is 1. The van der Waals surface area contributed by atoms with Crippen LogP contribution in [0, 0.1) is 5.92 Å². The summed E-state index contributed by atoms with van der Waals surface area (Å²) in [5.41, 5.74) is 5.22. The standard InChI is InChI=1S/C13H18N2O3/c1-8(2)6-15-13(12(14)17)7-18-11-5-9(16)3-4-10(11)13/h3-5,8,15-16H,6-7H2,1-2H3,(H2,14,17). The number of phenols is 1. The molecule has 0 spiro atoms. The third-order valence-electron chi connectivity index (χ3n) is 3.10. The van der Waals surface area contributed by atoms with E-state index in [0.717, 1.165) is 0 Å². The number of aromatic hydroxyl groups is 1. The van der Waals surface area contributed by atoms with Crippen LogP contribution in [0.15, 0.2) is 18.2 Å². The number of carbonyl (C=O) groups excluding carboxylic acids is 1. The van der Waals surface area contributed by atoms with E-state index in [1.54, 1.807) is 6.07 Å². The van der Waals surface area contributed by atoms with Gasteiger partial charge in [0.05, 0.1) is 0 Å². The molecule has 4 N–H and O–H groups in total. The maximum absolute atomic E-state index is 11.8. The molecular weight excluding hydrogens is 232 g/mol. The van der Waals surface area contributed by atoms with E-state index in [9.17, 15) is 9.90 Å². The molecule has 0 saturated carbocycles. The molecule has 1 aliphatic heterocycles. The van der Waals surface area contributed by atoms with Gasteiger partial charge in [-0.3, -0.25) is 10.1 Å². The first-order valence-electron chi connectivity index (χ1n) is 5.97. The van der Waals surface area contributed by atoms with Gasteiger partial charge in [-0.05, 0) is 24.6 Å². The van der Waals surface area contributed by atoms with Gasteiger partial charge in [0.25, 0.3) is 0 Å². The molecule has 0 radical (unpaired) electrons. The van der Waals surface area contributed by atoms with Gasteiger partial charge >= 0.3 is 0 Å². The number of phenolic OH excluding ortho intramolecular Hbond substituents is 1. The number of ether oxygens (including phenoxy) is 1. The summed E-state index contributed by atoms with van der Waals surface area (Å²) in [4.78, 5) is 11.8. The van der Waals surface area contributed by atoms with Gasteiger partial charge in [-0.2, -0.15) is 0 Å². The van der Waals surface area contributed by atoms with E-state index in [-0.39, 0.29) is 12.4 Å². The Hall–Kier alpha value is -1.75. The molecule has 1 atom stereocenters. The average molecular weight is 250 g/mol. The molecule has 1 heterocycles. The zero-order valence-corrected chi connectivity index (χ0v) is 10.6. The van der Waals surface area contributed by atoms with Crippen LogP contribution in [0.3, 0.4) is 0 Å². The molecule has 2 rings (SSSR count). The minimum Gasteiger partial charge on any atom is -0.508 e. The van der Waals surface area contributed by atoms with Crippen molar-refractivity contribution in [1.82, 2.24) is 5.32 Å². The van der Waals surface area contributed by atoms with Crippen LogP contribution >= 0.6 is 0 Å². The monoisotopic (exact) mass is 250 g/mol. The molecule has 1 aliphatic rings. The number of nitrogens with one attached hydrogen (secondary N) is 1. The van der Waals surface area contributed by atoms with Crippen molar-refractivity contribution in [1.29, 1.82) is 0 Å². The number of fused-ring (bicyclic) bond motifs is 1. The highest BCUT2D eigenvalue weighted by Gasteiger charge is 2.45. The Labute approximate surface area is 106 Å². The Bertz CT molecular complexity index is 473. The fraction of sp³-hybridized carbons (Fsp3) is 0.462. The largest absolute Gasteiger partial charge is 0.508 e. The maximum Gasteiger partial charge on any atom is 0.246 e. The highest BCUT2D eigenvalue weighted by molar-refractivity contribution is 5.88. The summed E-state index contributed by atoms with van der Waals surface area (Å²) < 4.78 is 5.47. The van der Waals surface area contributed by atoms with Crippen molar-refractivity contribution in [3.8, 4) is 11.5 Å². The van der Waals surface area contributed by atoms with Crippen molar-refractivity contribution in [2.45, 2.75) is 19.4 Å². The lowest BCUT2D eigenvalue weighted by molar-refractivity contribution is -0.125. The molecule has 5 heteroatoms. The third-order valence-corrected chi connectivity index (χ3v) is 3.10. The number of hydrogen-bond donors (Lipinski definition) is 3. The van der Waals surface area contributed by atoms with E-state index in [1.807, 2.05) is 0 Å². The number of carbonyl (C=O) groups is 1. The number of primary amides is 1. The van der Waals surface area contributed by atoms with E-state index < -0.39 is 11.4 Å². The lowest BCUT2D eigenvalue weighted by Crippen LogP contribution is -2.54. The molecule has 0 fully saturated rings. The van der Waals surface area contributed by atoms with E-state index in [2.05, 4.69) is 19.2 Å². The quantitative estimate of drug-likeness (QED) is 0.734. The summed E-state index contributed by atoms with van der Waals surface area (Å²) in [6.45, 7) is 4.92. The Morgan fingerprint density at radius 1 is 1.61 bits per heavy atom. The molecule has 18 heavy (non-hydrogen) atoms. The molecule has 0 aliphatic carbocycles. The smallest absolute Gasteiger partial charge is 0.246 e. The second-order valence-electron chi connectivity index (χ2n) is 5.01. The molecule has 0 bridgehead atoms. The van der Waals surface area contributed by atoms with Crippen LogP contribution < -0.4 is 15.8 Å². The molecule has 1 unspecified atom stereocenters. The van der Waals surface area contributed by atoms with Gasteiger partial charge in [-0.1, -0.05) is 13.8 Å². The number of benzene rings is 1. The normalized spacial score (nSPS) is 21.7. The van der Waals surface area contributed by atoms with Crippen LogP contribution in [-0.4, -0.2) is 24.2 Å². The van der Waals surface area contributed by atoms with Crippen LogP contribution in [0.2, 0.25) is 0 Å². The van der Waals surface area contributed by atoms with Crippen LogP contribution in [0.25, 0.3) is 0 Å². The fourth-order valence-electron chi connectivity index (χ4n) is 2.06. The second-order valence-corrected chi connectivity index (χ2v) is 5.01. The Kier molecular flexibility index (Phi) is 3.17. The van der Waals surface area contributed by atoms with E-state index >= 15 is 0 Å². The molecule has 1 aromatic carbocycles. The second kappa shape index (κ2) is 4.49. The van der Waals surface area contributed by atoms with Gasteiger partial charge < -0.3 is 15.6 Å². The van der Waals surface area contributed by atoms with Crippen molar-refractivity contribution < 1.29 is 14.6 Å². The Morgan fingerprint density at radius 3 is 2.94 bits per heavy atom. The molecule has 1 amide bonds. The number of rotatable bonds is 4. The van der Waals surface area contributed by atoms with Gasteiger partial charge in [0.1, 0.15) is 18.1 Å². The molecular formula is C13H18N2O3. The van der Waals surface area contributed by atoms with Gasteiger partial charge in [0.2, 0.25) is 5.91 Å². The lowest BCUT2D eigenvalue weighted by Gasteiger charge is -2.26. The average Bonchev–Trinajstić information content (AvgIpc) is 2.65. The van der Waals surface area contributed by atoms with Crippen molar-refractivity contribution in [2.24, 2.45) is 11.7 Å². The highest BCUT2D eigenvalue weighted by atomic mass is 16.5. The van der Waals surface area contributed by atoms with Crippen molar-refractivity contribution in [3.05, 3.63) is 23.8 Å². The van der Waals surface area contributed by atoms with E-state index in [4.69, 9.17) is 10.5 Å². The first-order valence-corrected chi connectivity index (χ1v) is 5.97. The molecule has 98 valence electrons. The number of hydrogen-bond acceptors (Lipinski definition) is 4. The predicted octanol–water partition coefficient (Wildman–Crippen LogP) is 0.711. The van der Waals surface area contributed by atoms with Gasteiger partial charge in [0, 0.05) is 11.6 Å². The molecule has 0 aromatic heterocycles. The van der Waals surface area contributed by atoms with Gasteiger partial charge in [0.15, 0.2) is 5.54 Å². The SMILES string of the molecule is CC(C)CNC1(C(N)=O)COc2cc(O)ccc21. The Balaban J connectivity index is 2.37. The minimum absolute atomic E-state index is 0.109. The van der Waals surface area contributed by atoms with Gasteiger partial charge in [-0.15, -0.1) is 0 Å². The molecule has 5 nitrogen and oxygen atoms in total. The van der Waals surface area contributed by atoms with Crippen molar-refractivity contribution in [3.63, 3.8) is 0 Å². The van der Waals surface area contributed by atoms with Crippen LogP contribution in [-0.2, 0) is 10.3 Å². The third kappa shape index (κ3) is 2.01. The first-order chi connectivity index (χ1) is 8.45. The topological polar surface area (TPSA) is 84.6 Å². The summed E-state index contributed by atoms with van der Waals surface area (Å²) in [5.74, 6) is 0.540. The molecule has 1 aromatic rings. The summed E-state index contributed by atoms with van der Waals surface area (Å²) in [6.07, 6.45) is 0. The van der Waals surface area contributed by atoms with Crippen LogP contribution in [0.1, 0.15) is 19.4 Å². The van der Waals surface area contributed by atoms with Crippen molar-refractivity contribution in [2.75, 3.05) is 13.2 Å². The zero-order chi connectivity index (χ0) is 13.3. The van der Waals surface area contributed by atoms with E-state index in [0.29, 0.717) is 23.8 Å². The summed E-state index contributed by atoms with van der Waals surface area (Å²) in [5, 5.41) is 12.6. The highest BCUT2D eigenvalue weighted by Crippen LogP contribution is 2.39. The minimum atomic E-state index is -0.993. The van der Waals surface area contributed by atoms with Crippen molar-refractivity contribution >= 4 is 5.91 Å². The summed E-state index contributed by atoms with van der Waals surface area (Å²) in [6, 6.07) is 4.70. The maximum atomic E-state index is 11.8. The molecule has 0 saturated heterocycles. The van der Waals surface area contributed by atoms with Gasteiger partial charge in [-0.25, -0.2) is 0 Å². The van der Waals surface area contributed by atoms with Crippen LogP contribution in [0.5, 0.6) is 11.5 Å².